The number of fused-ring (bicyclic) bond motifs is 1. The van der Waals surface area contributed by atoms with Crippen molar-refractivity contribution >= 4 is 17.4 Å². The molecule has 114 valence electrons. The normalized spacial score (nSPS) is 15.3. The number of benzene rings is 1. The fourth-order valence-electron chi connectivity index (χ4n) is 2.78. The maximum Gasteiger partial charge on any atom is 0.224 e. The lowest BCUT2D eigenvalue weighted by molar-refractivity contribution is -0.116. The number of unbranched alkanes of at least 4 members (excludes halogenated alkanes) is 1. The number of hydrogen-bond donors (Lipinski definition) is 1. The molecule has 1 aliphatic heterocycles. The van der Waals surface area contributed by atoms with Crippen LogP contribution in [0, 0.1) is 11.7 Å². The number of halogens is 1. The van der Waals surface area contributed by atoms with Gasteiger partial charge in [0.15, 0.2) is 5.78 Å². The Morgan fingerprint density at radius 1 is 1.33 bits per heavy atom. The lowest BCUT2D eigenvalue weighted by atomic mass is 9.88. The first-order valence-electron chi connectivity index (χ1n) is 7.73. The van der Waals surface area contributed by atoms with Crippen molar-refractivity contribution in [1.29, 1.82) is 0 Å². The Kier molecular flexibility index (Phi) is 5.10. The van der Waals surface area contributed by atoms with Crippen LogP contribution in [-0.2, 0) is 11.2 Å². The molecule has 0 radical (unpaired) electrons. The predicted octanol–water partition coefficient (Wildman–Crippen LogP) is 4.11. The smallest absolute Gasteiger partial charge is 0.224 e. The molecule has 1 amide bonds. The van der Waals surface area contributed by atoms with E-state index in [1.54, 1.807) is 6.07 Å². The SMILES string of the molecule is CCCCC(CC)C(=O)c1cc2c(cc1F)NC(=O)CC2. The highest BCUT2D eigenvalue weighted by atomic mass is 19.1. The van der Waals surface area contributed by atoms with Crippen molar-refractivity contribution in [2.75, 3.05) is 5.32 Å². The van der Waals surface area contributed by atoms with E-state index in [1.807, 2.05) is 6.92 Å². The first-order chi connectivity index (χ1) is 10.1. The third kappa shape index (κ3) is 3.49. The first kappa shape index (κ1) is 15.7. The van der Waals surface area contributed by atoms with Crippen LogP contribution in [0.2, 0.25) is 0 Å². The largest absolute Gasteiger partial charge is 0.326 e. The van der Waals surface area contributed by atoms with Crippen molar-refractivity contribution in [2.24, 2.45) is 5.92 Å². The molecule has 1 aromatic carbocycles. The van der Waals surface area contributed by atoms with Gasteiger partial charge in [-0.15, -0.1) is 0 Å². The molecule has 0 aliphatic carbocycles. The Morgan fingerprint density at radius 3 is 2.76 bits per heavy atom. The Bertz CT molecular complexity index is 554. The minimum atomic E-state index is -0.532. The van der Waals surface area contributed by atoms with Gasteiger partial charge in [-0.1, -0.05) is 26.7 Å². The van der Waals surface area contributed by atoms with Gasteiger partial charge in [0.05, 0.1) is 5.56 Å². The molecule has 0 saturated carbocycles. The van der Waals surface area contributed by atoms with Gasteiger partial charge in [-0.3, -0.25) is 9.59 Å². The molecule has 1 atom stereocenters. The standard InChI is InChI=1S/C17H22FNO2/c1-3-5-6-11(4-2)17(21)13-9-12-7-8-16(20)19-15(12)10-14(13)18/h9-11H,3-8H2,1-2H3,(H,19,20). The molecule has 0 fully saturated rings. The van der Waals surface area contributed by atoms with E-state index < -0.39 is 5.82 Å². The molecule has 4 heteroatoms. The summed E-state index contributed by atoms with van der Waals surface area (Å²) >= 11 is 0. The summed E-state index contributed by atoms with van der Waals surface area (Å²) in [5.74, 6) is -0.856. The number of carbonyl (C=O) groups is 2. The summed E-state index contributed by atoms with van der Waals surface area (Å²) in [7, 11) is 0. The lowest BCUT2D eigenvalue weighted by Gasteiger charge is -2.19. The number of anilines is 1. The van der Waals surface area contributed by atoms with Crippen molar-refractivity contribution in [2.45, 2.75) is 52.4 Å². The molecular formula is C17H22FNO2. The van der Waals surface area contributed by atoms with E-state index in [4.69, 9.17) is 0 Å². The van der Waals surface area contributed by atoms with Crippen molar-refractivity contribution in [3.8, 4) is 0 Å². The van der Waals surface area contributed by atoms with Crippen LogP contribution in [0.25, 0.3) is 0 Å². The highest BCUT2D eigenvalue weighted by molar-refractivity contribution is 6.00. The number of ketones is 1. The van der Waals surface area contributed by atoms with Gasteiger partial charge in [0.1, 0.15) is 5.82 Å². The molecule has 21 heavy (non-hydrogen) atoms. The maximum atomic E-state index is 14.2. The van der Waals surface area contributed by atoms with Crippen LogP contribution in [-0.4, -0.2) is 11.7 Å². The van der Waals surface area contributed by atoms with Crippen molar-refractivity contribution < 1.29 is 14.0 Å². The Morgan fingerprint density at radius 2 is 2.10 bits per heavy atom. The summed E-state index contributed by atoms with van der Waals surface area (Å²) in [5, 5.41) is 2.65. The van der Waals surface area contributed by atoms with Crippen molar-refractivity contribution in [3.05, 3.63) is 29.1 Å². The molecule has 0 bridgehead atoms. The number of nitrogens with one attached hydrogen (secondary N) is 1. The van der Waals surface area contributed by atoms with Gasteiger partial charge in [0, 0.05) is 18.0 Å². The Labute approximate surface area is 124 Å². The van der Waals surface area contributed by atoms with Crippen molar-refractivity contribution in [1.82, 2.24) is 0 Å². The number of hydrogen-bond acceptors (Lipinski definition) is 2. The van der Waals surface area contributed by atoms with Gasteiger partial charge in [0.2, 0.25) is 5.91 Å². The van der Waals surface area contributed by atoms with Gasteiger partial charge in [-0.05, 0) is 37.0 Å². The third-order valence-corrected chi connectivity index (χ3v) is 4.12. The number of rotatable bonds is 6. The third-order valence-electron chi connectivity index (χ3n) is 4.12. The number of Topliss-reactive ketones (excluding diaryl/α,β-unsaturated/α-hetero) is 1. The summed E-state index contributed by atoms with van der Waals surface area (Å²) in [6, 6.07) is 2.91. The second-order valence-electron chi connectivity index (χ2n) is 5.65. The van der Waals surface area contributed by atoms with Crippen LogP contribution >= 0.6 is 0 Å². The van der Waals surface area contributed by atoms with Gasteiger partial charge >= 0.3 is 0 Å². The van der Waals surface area contributed by atoms with Crippen LogP contribution in [0.3, 0.4) is 0 Å². The predicted molar refractivity (Wildman–Crippen MR) is 81.0 cm³/mol. The highest BCUT2D eigenvalue weighted by Crippen LogP contribution is 2.28. The minimum absolute atomic E-state index is 0.102. The quantitative estimate of drug-likeness (QED) is 0.802. The van der Waals surface area contributed by atoms with E-state index in [-0.39, 0.29) is 23.2 Å². The van der Waals surface area contributed by atoms with Gasteiger partial charge in [-0.25, -0.2) is 4.39 Å². The van der Waals surface area contributed by atoms with Crippen LogP contribution < -0.4 is 5.32 Å². The van der Waals surface area contributed by atoms with Crippen LogP contribution in [0.1, 0.15) is 61.9 Å². The molecule has 1 heterocycles. The molecule has 1 aromatic rings. The number of carbonyl (C=O) groups excluding carboxylic acids is 2. The zero-order chi connectivity index (χ0) is 15.4. The van der Waals surface area contributed by atoms with E-state index >= 15 is 0 Å². The highest BCUT2D eigenvalue weighted by Gasteiger charge is 2.24. The van der Waals surface area contributed by atoms with Crippen LogP contribution in [0.4, 0.5) is 10.1 Å². The molecule has 1 unspecified atom stereocenters. The molecule has 1 N–H and O–H groups in total. The summed E-state index contributed by atoms with van der Waals surface area (Å²) in [6.07, 6.45) is 4.49. The molecular weight excluding hydrogens is 269 g/mol. The van der Waals surface area contributed by atoms with E-state index in [0.717, 1.165) is 31.2 Å². The molecule has 0 spiro atoms. The summed E-state index contributed by atoms with van der Waals surface area (Å²) in [5.41, 5.74) is 1.53. The van der Waals surface area contributed by atoms with Crippen LogP contribution in [0.15, 0.2) is 12.1 Å². The fraction of sp³-hybridized carbons (Fsp3) is 0.529. The van der Waals surface area contributed by atoms with Gasteiger partial charge in [-0.2, -0.15) is 0 Å². The molecule has 3 nitrogen and oxygen atoms in total. The minimum Gasteiger partial charge on any atom is -0.326 e. The molecule has 1 aliphatic rings. The average molecular weight is 291 g/mol. The van der Waals surface area contributed by atoms with Crippen LogP contribution in [0.5, 0.6) is 0 Å². The van der Waals surface area contributed by atoms with E-state index in [1.165, 1.54) is 6.07 Å². The molecule has 2 rings (SSSR count). The fourth-order valence-corrected chi connectivity index (χ4v) is 2.78. The molecule has 0 saturated heterocycles. The summed E-state index contributed by atoms with van der Waals surface area (Å²) in [6.45, 7) is 4.05. The van der Waals surface area contributed by atoms with E-state index in [0.29, 0.717) is 18.5 Å². The number of aryl methyl sites for hydroxylation is 1. The Balaban J connectivity index is 2.27. The van der Waals surface area contributed by atoms with E-state index in [2.05, 4.69) is 12.2 Å². The summed E-state index contributed by atoms with van der Waals surface area (Å²) in [4.78, 5) is 23.9. The maximum absolute atomic E-state index is 14.2. The van der Waals surface area contributed by atoms with E-state index in [9.17, 15) is 14.0 Å². The van der Waals surface area contributed by atoms with Crippen molar-refractivity contribution in [3.63, 3.8) is 0 Å². The topological polar surface area (TPSA) is 46.2 Å². The monoisotopic (exact) mass is 291 g/mol. The zero-order valence-corrected chi connectivity index (χ0v) is 12.7. The first-order valence-corrected chi connectivity index (χ1v) is 7.73. The second kappa shape index (κ2) is 6.83. The average Bonchev–Trinajstić information content (AvgIpc) is 2.47. The summed E-state index contributed by atoms with van der Waals surface area (Å²) < 4.78 is 14.2. The van der Waals surface area contributed by atoms with Gasteiger partial charge < -0.3 is 5.32 Å². The second-order valence-corrected chi connectivity index (χ2v) is 5.65. The lowest BCUT2D eigenvalue weighted by Crippen LogP contribution is -2.21. The molecule has 0 aromatic heterocycles. The number of amides is 1. The zero-order valence-electron chi connectivity index (χ0n) is 12.7. The Hall–Kier alpha value is -1.71. The van der Waals surface area contributed by atoms with Gasteiger partial charge in [0.25, 0.3) is 0 Å².